The van der Waals surface area contributed by atoms with Crippen LogP contribution < -0.4 is 0 Å². The van der Waals surface area contributed by atoms with Crippen LogP contribution in [0.1, 0.15) is 44.1 Å². The van der Waals surface area contributed by atoms with Crippen LogP contribution in [0.5, 0.6) is 0 Å². The van der Waals surface area contributed by atoms with E-state index in [-0.39, 0.29) is 0 Å². The fraction of sp³-hybridized carbons (Fsp3) is 0.533. The van der Waals surface area contributed by atoms with Gasteiger partial charge in [0.25, 0.3) is 0 Å². The largest absolute Gasteiger partial charge is 0.341 e. The number of imidazole rings is 1. The van der Waals surface area contributed by atoms with Gasteiger partial charge in [0.1, 0.15) is 5.82 Å². The molecule has 3 rings (SSSR count). The van der Waals surface area contributed by atoms with E-state index in [0.29, 0.717) is 6.04 Å². The van der Waals surface area contributed by atoms with Gasteiger partial charge in [0.2, 0.25) is 0 Å². The number of hydrogen-bond donors (Lipinski definition) is 1. The van der Waals surface area contributed by atoms with Crippen molar-refractivity contribution in [3.05, 3.63) is 29.6 Å². The Balaban J connectivity index is 1.92. The highest BCUT2D eigenvalue weighted by Gasteiger charge is 2.21. The molecule has 1 fully saturated rings. The lowest BCUT2D eigenvalue weighted by molar-refractivity contribution is 0.255. The van der Waals surface area contributed by atoms with Crippen molar-refractivity contribution in [2.75, 3.05) is 13.1 Å². The Morgan fingerprint density at radius 2 is 2.11 bits per heavy atom. The molecule has 18 heavy (non-hydrogen) atoms. The number of likely N-dealkylation sites (tertiary alicyclic amines) is 1. The standard InChI is InChI=1S/C15H21N3/c1-3-12-6-7-13-14(10-12)17-15(16-13)11(2)18-8-4-5-9-18/h6-7,10-11H,3-5,8-9H2,1-2H3,(H,16,17). The predicted molar refractivity (Wildman–Crippen MR) is 74.7 cm³/mol. The maximum absolute atomic E-state index is 4.74. The second-order valence-electron chi connectivity index (χ2n) is 5.25. The lowest BCUT2D eigenvalue weighted by Crippen LogP contribution is -2.24. The summed E-state index contributed by atoms with van der Waals surface area (Å²) in [7, 11) is 0. The molecule has 3 nitrogen and oxygen atoms in total. The molecule has 1 unspecified atom stereocenters. The summed E-state index contributed by atoms with van der Waals surface area (Å²) in [6.45, 7) is 6.85. The van der Waals surface area contributed by atoms with Gasteiger partial charge in [0.15, 0.2) is 0 Å². The third kappa shape index (κ3) is 2.03. The first-order valence-electron chi connectivity index (χ1n) is 7.00. The fourth-order valence-corrected chi connectivity index (χ4v) is 2.80. The van der Waals surface area contributed by atoms with E-state index in [2.05, 4.69) is 41.9 Å². The van der Waals surface area contributed by atoms with Crippen LogP contribution in [0.25, 0.3) is 11.0 Å². The Labute approximate surface area is 108 Å². The number of aromatic amines is 1. The minimum absolute atomic E-state index is 0.407. The average Bonchev–Trinajstić information content (AvgIpc) is 3.05. The molecule has 1 aliphatic rings. The molecule has 1 aliphatic heterocycles. The number of H-pyrrole nitrogens is 1. The molecular weight excluding hydrogens is 222 g/mol. The number of fused-ring (bicyclic) bond motifs is 1. The molecule has 0 saturated carbocycles. The van der Waals surface area contributed by atoms with E-state index < -0.39 is 0 Å². The quantitative estimate of drug-likeness (QED) is 0.897. The van der Waals surface area contributed by atoms with Crippen LogP contribution in [0.4, 0.5) is 0 Å². The minimum Gasteiger partial charge on any atom is -0.341 e. The van der Waals surface area contributed by atoms with Crippen molar-refractivity contribution >= 4 is 11.0 Å². The van der Waals surface area contributed by atoms with Crippen molar-refractivity contribution in [3.63, 3.8) is 0 Å². The molecule has 0 radical (unpaired) electrons. The number of hydrogen-bond acceptors (Lipinski definition) is 2. The van der Waals surface area contributed by atoms with E-state index in [1.165, 1.54) is 37.0 Å². The summed E-state index contributed by atoms with van der Waals surface area (Å²) in [5.74, 6) is 1.11. The summed E-state index contributed by atoms with van der Waals surface area (Å²) in [6.07, 6.45) is 3.72. The zero-order valence-corrected chi connectivity index (χ0v) is 11.2. The van der Waals surface area contributed by atoms with Gasteiger partial charge in [-0.25, -0.2) is 4.98 Å². The van der Waals surface area contributed by atoms with Crippen molar-refractivity contribution in [2.24, 2.45) is 0 Å². The lowest BCUT2D eigenvalue weighted by Gasteiger charge is -2.21. The van der Waals surface area contributed by atoms with Crippen LogP contribution in [0, 0.1) is 0 Å². The summed E-state index contributed by atoms with van der Waals surface area (Å²) < 4.78 is 0. The van der Waals surface area contributed by atoms with Crippen molar-refractivity contribution < 1.29 is 0 Å². The molecule has 2 aromatic rings. The van der Waals surface area contributed by atoms with Crippen molar-refractivity contribution in [1.82, 2.24) is 14.9 Å². The zero-order valence-electron chi connectivity index (χ0n) is 11.2. The fourth-order valence-electron chi connectivity index (χ4n) is 2.80. The van der Waals surface area contributed by atoms with E-state index in [9.17, 15) is 0 Å². The van der Waals surface area contributed by atoms with Gasteiger partial charge in [-0.1, -0.05) is 13.0 Å². The molecule has 0 aliphatic carbocycles. The van der Waals surface area contributed by atoms with E-state index in [1.54, 1.807) is 0 Å². The number of nitrogens with one attached hydrogen (secondary N) is 1. The third-order valence-electron chi connectivity index (χ3n) is 4.06. The van der Waals surface area contributed by atoms with Crippen LogP contribution in [0.15, 0.2) is 18.2 Å². The third-order valence-corrected chi connectivity index (χ3v) is 4.06. The smallest absolute Gasteiger partial charge is 0.124 e. The molecule has 1 saturated heterocycles. The highest BCUT2D eigenvalue weighted by Crippen LogP contribution is 2.24. The number of benzene rings is 1. The summed E-state index contributed by atoms with van der Waals surface area (Å²) >= 11 is 0. The van der Waals surface area contributed by atoms with Gasteiger partial charge < -0.3 is 4.98 Å². The molecule has 96 valence electrons. The van der Waals surface area contributed by atoms with Gasteiger partial charge >= 0.3 is 0 Å². The number of nitrogens with zero attached hydrogens (tertiary/aromatic N) is 2. The topological polar surface area (TPSA) is 31.9 Å². The first kappa shape index (κ1) is 11.7. The maximum atomic E-state index is 4.74. The molecule has 1 N–H and O–H groups in total. The normalized spacial score (nSPS) is 18.6. The second kappa shape index (κ2) is 4.73. The number of aromatic nitrogens is 2. The second-order valence-corrected chi connectivity index (χ2v) is 5.25. The van der Waals surface area contributed by atoms with Crippen LogP contribution >= 0.6 is 0 Å². The van der Waals surface area contributed by atoms with Crippen molar-refractivity contribution in [3.8, 4) is 0 Å². The molecule has 0 amide bonds. The SMILES string of the molecule is CCc1ccc2nc(C(C)N3CCCC3)[nH]c2c1. The Morgan fingerprint density at radius 1 is 1.33 bits per heavy atom. The first-order valence-corrected chi connectivity index (χ1v) is 7.00. The van der Waals surface area contributed by atoms with E-state index in [0.717, 1.165) is 17.8 Å². The van der Waals surface area contributed by atoms with E-state index >= 15 is 0 Å². The summed E-state index contributed by atoms with van der Waals surface area (Å²) in [6, 6.07) is 6.94. The Hall–Kier alpha value is -1.35. The highest BCUT2D eigenvalue weighted by molar-refractivity contribution is 5.76. The summed E-state index contributed by atoms with van der Waals surface area (Å²) in [5, 5.41) is 0. The van der Waals surface area contributed by atoms with Crippen molar-refractivity contribution in [1.29, 1.82) is 0 Å². The summed E-state index contributed by atoms with van der Waals surface area (Å²) in [4.78, 5) is 10.7. The molecular formula is C15H21N3. The van der Waals surface area contributed by atoms with E-state index in [4.69, 9.17) is 4.98 Å². The Morgan fingerprint density at radius 3 is 2.83 bits per heavy atom. The maximum Gasteiger partial charge on any atom is 0.124 e. The average molecular weight is 243 g/mol. The Kier molecular flexibility index (Phi) is 3.08. The van der Waals surface area contributed by atoms with E-state index in [1.807, 2.05) is 0 Å². The van der Waals surface area contributed by atoms with Crippen LogP contribution in [0.2, 0.25) is 0 Å². The van der Waals surface area contributed by atoms with Gasteiger partial charge in [0.05, 0.1) is 17.1 Å². The first-order chi connectivity index (χ1) is 8.78. The van der Waals surface area contributed by atoms with Crippen LogP contribution in [0.3, 0.4) is 0 Å². The molecule has 3 heteroatoms. The van der Waals surface area contributed by atoms with Gasteiger partial charge in [-0.2, -0.15) is 0 Å². The molecule has 2 heterocycles. The van der Waals surface area contributed by atoms with Crippen LogP contribution in [-0.4, -0.2) is 28.0 Å². The Bertz CT molecular complexity index is 538. The number of aryl methyl sites for hydroxylation is 1. The zero-order chi connectivity index (χ0) is 12.5. The van der Waals surface area contributed by atoms with Crippen molar-refractivity contribution in [2.45, 2.75) is 39.2 Å². The molecule has 1 aromatic carbocycles. The van der Waals surface area contributed by atoms with Gasteiger partial charge in [0, 0.05) is 0 Å². The van der Waals surface area contributed by atoms with Gasteiger partial charge in [-0.3, -0.25) is 4.90 Å². The molecule has 1 atom stereocenters. The lowest BCUT2D eigenvalue weighted by atomic mass is 10.1. The molecule has 0 bridgehead atoms. The monoisotopic (exact) mass is 243 g/mol. The van der Waals surface area contributed by atoms with Gasteiger partial charge in [-0.05, 0) is 57.0 Å². The predicted octanol–water partition coefficient (Wildman–Crippen LogP) is 3.28. The highest BCUT2D eigenvalue weighted by atomic mass is 15.2. The van der Waals surface area contributed by atoms with Gasteiger partial charge in [-0.15, -0.1) is 0 Å². The van der Waals surface area contributed by atoms with Crippen LogP contribution in [-0.2, 0) is 6.42 Å². The molecule has 0 spiro atoms. The number of rotatable bonds is 3. The molecule has 1 aromatic heterocycles. The summed E-state index contributed by atoms with van der Waals surface area (Å²) in [5.41, 5.74) is 3.63. The minimum atomic E-state index is 0.407.